The molecule has 27 heavy (non-hydrogen) atoms. The zero-order chi connectivity index (χ0) is 19.2. The highest BCUT2D eigenvalue weighted by atomic mass is 35.5. The Morgan fingerprint density at radius 2 is 1.85 bits per heavy atom. The number of likely N-dealkylation sites (N-methyl/N-ethyl adjacent to an activating group) is 1. The van der Waals surface area contributed by atoms with Crippen LogP contribution in [0, 0.1) is 0 Å². The Balaban J connectivity index is 1.61. The van der Waals surface area contributed by atoms with Gasteiger partial charge in [-0.2, -0.15) is 0 Å². The van der Waals surface area contributed by atoms with Gasteiger partial charge in [-0.3, -0.25) is 4.79 Å². The van der Waals surface area contributed by atoms with Crippen molar-refractivity contribution in [3.8, 4) is 5.75 Å². The highest BCUT2D eigenvalue weighted by Crippen LogP contribution is 2.28. The average Bonchev–Trinajstić information content (AvgIpc) is 2.68. The second-order valence-electron chi connectivity index (χ2n) is 6.35. The third kappa shape index (κ3) is 5.28. The number of benzene rings is 2. The van der Waals surface area contributed by atoms with Gasteiger partial charge < -0.3 is 19.9 Å². The number of hydrogen-bond acceptors (Lipinski definition) is 4. The first-order chi connectivity index (χ1) is 13.1. The molecule has 0 bridgehead atoms. The summed E-state index contributed by atoms with van der Waals surface area (Å²) >= 11 is 11.9. The van der Waals surface area contributed by atoms with Crippen molar-refractivity contribution in [2.24, 2.45) is 0 Å². The van der Waals surface area contributed by atoms with Crippen LogP contribution in [0.4, 0.5) is 11.4 Å². The van der Waals surface area contributed by atoms with Crippen LogP contribution in [0.1, 0.15) is 6.92 Å². The normalized spacial score (nSPS) is 14.9. The number of para-hydroxylation sites is 2. The molecule has 0 atom stereocenters. The third-order valence-electron chi connectivity index (χ3n) is 4.59. The van der Waals surface area contributed by atoms with Gasteiger partial charge in [-0.05, 0) is 36.9 Å². The van der Waals surface area contributed by atoms with Crippen molar-refractivity contribution in [3.05, 3.63) is 52.5 Å². The maximum Gasteiger partial charge on any atom is 0.262 e. The predicted molar refractivity (Wildman–Crippen MR) is 111 cm³/mol. The lowest BCUT2D eigenvalue weighted by atomic mass is 10.2. The molecule has 0 aromatic heterocycles. The summed E-state index contributed by atoms with van der Waals surface area (Å²) in [7, 11) is 0. The van der Waals surface area contributed by atoms with E-state index in [-0.39, 0.29) is 12.5 Å². The van der Waals surface area contributed by atoms with Gasteiger partial charge in [0.2, 0.25) is 0 Å². The van der Waals surface area contributed by atoms with Gasteiger partial charge in [0.15, 0.2) is 6.61 Å². The molecule has 1 aliphatic rings. The SMILES string of the molecule is CCN1CCN(c2ccccc2NC(=O)COc2ccc(Cl)cc2Cl)CC1. The summed E-state index contributed by atoms with van der Waals surface area (Å²) in [5.74, 6) is 0.195. The molecule has 2 aromatic rings. The smallest absolute Gasteiger partial charge is 0.262 e. The van der Waals surface area contributed by atoms with Crippen molar-refractivity contribution in [3.63, 3.8) is 0 Å². The van der Waals surface area contributed by atoms with Crippen molar-refractivity contribution in [2.45, 2.75) is 6.92 Å². The molecular weight excluding hydrogens is 385 g/mol. The Labute approximate surface area is 169 Å². The topological polar surface area (TPSA) is 44.8 Å². The van der Waals surface area contributed by atoms with E-state index in [2.05, 4.69) is 22.0 Å². The molecule has 0 aliphatic carbocycles. The quantitative estimate of drug-likeness (QED) is 0.780. The van der Waals surface area contributed by atoms with Crippen LogP contribution < -0.4 is 15.0 Å². The molecule has 0 spiro atoms. The number of piperazine rings is 1. The second-order valence-corrected chi connectivity index (χ2v) is 7.19. The third-order valence-corrected chi connectivity index (χ3v) is 5.12. The molecule has 1 fully saturated rings. The molecular formula is C20H23Cl2N3O2. The van der Waals surface area contributed by atoms with Gasteiger partial charge in [0, 0.05) is 31.2 Å². The monoisotopic (exact) mass is 407 g/mol. The van der Waals surface area contributed by atoms with Crippen LogP contribution in [0.3, 0.4) is 0 Å². The molecule has 1 N–H and O–H groups in total. The lowest BCUT2D eigenvalue weighted by Gasteiger charge is -2.36. The summed E-state index contributed by atoms with van der Waals surface area (Å²) < 4.78 is 5.52. The van der Waals surface area contributed by atoms with Crippen molar-refractivity contribution in [1.82, 2.24) is 4.90 Å². The fourth-order valence-corrected chi connectivity index (χ4v) is 3.54. The van der Waals surface area contributed by atoms with E-state index in [0.29, 0.717) is 15.8 Å². The molecule has 0 radical (unpaired) electrons. The number of hydrogen-bond donors (Lipinski definition) is 1. The van der Waals surface area contributed by atoms with Crippen molar-refractivity contribution >= 4 is 40.5 Å². The predicted octanol–water partition coefficient (Wildman–Crippen LogP) is 4.15. The van der Waals surface area contributed by atoms with E-state index in [1.165, 1.54) is 0 Å². The van der Waals surface area contributed by atoms with Crippen LogP contribution in [-0.4, -0.2) is 50.1 Å². The first kappa shape index (κ1) is 19.8. The van der Waals surface area contributed by atoms with E-state index in [0.717, 1.165) is 44.1 Å². The minimum Gasteiger partial charge on any atom is -0.482 e. The van der Waals surface area contributed by atoms with Crippen LogP contribution in [0.5, 0.6) is 5.75 Å². The molecule has 1 heterocycles. The number of ether oxygens (including phenoxy) is 1. The number of nitrogens with one attached hydrogen (secondary N) is 1. The van der Waals surface area contributed by atoms with Crippen molar-refractivity contribution < 1.29 is 9.53 Å². The van der Waals surface area contributed by atoms with Crippen molar-refractivity contribution in [2.75, 3.05) is 49.5 Å². The molecule has 7 heteroatoms. The van der Waals surface area contributed by atoms with Gasteiger partial charge in [-0.15, -0.1) is 0 Å². The zero-order valence-electron chi connectivity index (χ0n) is 15.3. The second kappa shape index (κ2) is 9.31. The fraction of sp³-hybridized carbons (Fsp3) is 0.350. The summed E-state index contributed by atoms with van der Waals surface area (Å²) in [5.41, 5.74) is 1.82. The number of carbonyl (C=O) groups excluding carboxylic acids is 1. The summed E-state index contributed by atoms with van der Waals surface area (Å²) in [6, 6.07) is 12.8. The van der Waals surface area contributed by atoms with Crippen LogP contribution in [0.25, 0.3) is 0 Å². The number of carbonyl (C=O) groups is 1. The number of anilines is 2. The first-order valence-corrected chi connectivity index (χ1v) is 9.76. The van der Waals surface area contributed by atoms with E-state index in [1.807, 2.05) is 24.3 Å². The maximum atomic E-state index is 12.4. The molecule has 3 rings (SSSR count). The highest BCUT2D eigenvalue weighted by molar-refractivity contribution is 6.35. The molecule has 2 aromatic carbocycles. The number of halogens is 2. The lowest BCUT2D eigenvalue weighted by Crippen LogP contribution is -2.46. The Morgan fingerprint density at radius 3 is 2.56 bits per heavy atom. The van der Waals surface area contributed by atoms with E-state index in [1.54, 1.807) is 18.2 Å². The van der Waals surface area contributed by atoms with Gasteiger partial charge >= 0.3 is 0 Å². The van der Waals surface area contributed by atoms with E-state index < -0.39 is 0 Å². The molecule has 5 nitrogen and oxygen atoms in total. The Bertz CT molecular complexity index is 793. The molecule has 1 aliphatic heterocycles. The molecule has 0 unspecified atom stereocenters. The van der Waals surface area contributed by atoms with Crippen LogP contribution >= 0.6 is 23.2 Å². The summed E-state index contributed by atoms with van der Waals surface area (Å²) in [6.07, 6.45) is 0. The van der Waals surface area contributed by atoms with Crippen LogP contribution in [0.2, 0.25) is 10.0 Å². The fourth-order valence-electron chi connectivity index (χ4n) is 3.08. The number of rotatable bonds is 6. The van der Waals surface area contributed by atoms with E-state index in [9.17, 15) is 4.79 Å². The first-order valence-electron chi connectivity index (χ1n) is 9.01. The lowest BCUT2D eigenvalue weighted by molar-refractivity contribution is -0.118. The summed E-state index contributed by atoms with van der Waals surface area (Å²) in [6.45, 7) is 7.05. The minimum atomic E-state index is -0.235. The number of nitrogens with zero attached hydrogens (tertiary/aromatic N) is 2. The molecule has 1 amide bonds. The van der Waals surface area contributed by atoms with Crippen LogP contribution in [0.15, 0.2) is 42.5 Å². The Hall–Kier alpha value is -1.95. The maximum absolute atomic E-state index is 12.4. The zero-order valence-corrected chi connectivity index (χ0v) is 16.8. The number of amides is 1. The van der Waals surface area contributed by atoms with Crippen molar-refractivity contribution in [1.29, 1.82) is 0 Å². The standard InChI is InChI=1S/C20H23Cl2N3O2/c1-2-24-9-11-25(12-10-24)18-6-4-3-5-17(18)23-20(26)14-27-19-8-7-15(21)13-16(19)22/h3-8,13H,2,9-12,14H2,1H3,(H,23,26). The summed E-state index contributed by atoms with van der Waals surface area (Å²) in [5, 5.41) is 3.85. The van der Waals surface area contributed by atoms with Gasteiger partial charge in [0.1, 0.15) is 5.75 Å². The van der Waals surface area contributed by atoms with Gasteiger partial charge in [-0.25, -0.2) is 0 Å². The molecule has 1 saturated heterocycles. The van der Waals surface area contributed by atoms with Gasteiger partial charge in [-0.1, -0.05) is 42.3 Å². The average molecular weight is 408 g/mol. The summed E-state index contributed by atoms with van der Waals surface area (Å²) in [4.78, 5) is 17.1. The van der Waals surface area contributed by atoms with Crippen LogP contribution in [-0.2, 0) is 4.79 Å². The Kier molecular flexibility index (Phi) is 6.83. The van der Waals surface area contributed by atoms with Gasteiger partial charge in [0.05, 0.1) is 16.4 Å². The van der Waals surface area contributed by atoms with E-state index >= 15 is 0 Å². The highest BCUT2D eigenvalue weighted by Gasteiger charge is 2.19. The van der Waals surface area contributed by atoms with Gasteiger partial charge in [0.25, 0.3) is 5.91 Å². The minimum absolute atomic E-state index is 0.126. The molecule has 144 valence electrons. The largest absolute Gasteiger partial charge is 0.482 e. The van der Waals surface area contributed by atoms with E-state index in [4.69, 9.17) is 27.9 Å². The molecule has 0 saturated carbocycles. The Morgan fingerprint density at radius 1 is 1.11 bits per heavy atom.